The van der Waals surface area contributed by atoms with Gasteiger partial charge in [0.05, 0.1) is 6.04 Å². The zero-order valence-electron chi connectivity index (χ0n) is 9.61. The van der Waals surface area contributed by atoms with Crippen LogP contribution in [0.4, 0.5) is 8.78 Å². The van der Waals surface area contributed by atoms with Crippen molar-refractivity contribution < 1.29 is 13.6 Å². The highest BCUT2D eigenvalue weighted by Crippen LogP contribution is 2.11. The molecule has 3 nitrogen and oxygen atoms in total. The van der Waals surface area contributed by atoms with E-state index in [-0.39, 0.29) is 30.4 Å². The van der Waals surface area contributed by atoms with Crippen LogP contribution in [0.5, 0.6) is 0 Å². The highest BCUT2D eigenvalue weighted by atomic mass is 35.5. The second-order valence-corrected chi connectivity index (χ2v) is 3.72. The second-order valence-electron chi connectivity index (χ2n) is 3.72. The molecule has 1 amide bonds. The summed E-state index contributed by atoms with van der Waals surface area (Å²) in [5.41, 5.74) is 5.67. The number of nitrogens with zero attached hydrogens (tertiary/aromatic N) is 1. The van der Waals surface area contributed by atoms with Crippen LogP contribution in [0, 0.1) is 11.6 Å². The summed E-state index contributed by atoms with van der Waals surface area (Å²) in [6.07, 6.45) is 0. The molecule has 96 valence electrons. The molecule has 1 rings (SSSR count). The normalized spacial score (nSPS) is 11.6. The van der Waals surface area contributed by atoms with E-state index in [1.54, 1.807) is 6.92 Å². The number of carbonyl (C=O) groups is 1. The summed E-state index contributed by atoms with van der Waals surface area (Å²) < 4.78 is 25.9. The van der Waals surface area contributed by atoms with Crippen molar-refractivity contribution in [2.45, 2.75) is 19.5 Å². The van der Waals surface area contributed by atoms with Gasteiger partial charge < -0.3 is 10.6 Å². The molecule has 1 atom stereocenters. The van der Waals surface area contributed by atoms with Gasteiger partial charge in [-0.2, -0.15) is 0 Å². The van der Waals surface area contributed by atoms with Crippen LogP contribution in [0.3, 0.4) is 0 Å². The standard InChI is InChI=1S/C11H14F2N2O.ClH/c1-7(14)11(16)15(2)6-8-3-4-9(12)5-10(8)13;/h3-5,7H,6,14H2,1-2H3;1H. The van der Waals surface area contributed by atoms with Gasteiger partial charge in [0.15, 0.2) is 0 Å². The second kappa shape index (κ2) is 6.51. The third-order valence-corrected chi connectivity index (χ3v) is 2.19. The molecule has 1 aromatic carbocycles. The Bertz CT molecular complexity index is 399. The first-order valence-electron chi connectivity index (χ1n) is 4.86. The van der Waals surface area contributed by atoms with Crippen molar-refractivity contribution in [3.63, 3.8) is 0 Å². The van der Waals surface area contributed by atoms with Crippen molar-refractivity contribution in [3.8, 4) is 0 Å². The minimum atomic E-state index is -0.663. The molecule has 17 heavy (non-hydrogen) atoms. The number of benzene rings is 1. The summed E-state index contributed by atoms with van der Waals surface area (Å²) in [4.78, 5) is 12.7. The number of halogens is 3. The lowest BCUT2D eigenvalue weighted by molar-refractivity contribution is -0.131. The molecule has 0 aromatic heterocycles. The Morgan fingerprint density at radius 3 is 2.53 bits per heavy atom. The van der Waals surface area contributed by atoms with Crippen molar-refractivity contribution in [2.75, 3.05) is 7.05 Å². The fourth-order valence-corrected chi connectivity index (χ4v) is 1.33. The monoisotopic (exact) mass is 264 g/mol. The molecular weight excluding hydrogens is 250 g/mol. The Balaban J connectivity index is 0.00000256. The Morgan fingerprint density at radius 2 is 2.06 bits per heavy atom. The molecule has 0 fully saturated rings. The van der Waals surface area contributed by atoms with E-state index in [2.05, 4.69) is 0 Å². The van der Waals surface area contributed by atoms with Crippen molar-refractivity contribution in [2.24, 2.45) is 5.73 Å². The number of likely N-dealkylation sites (N-methyl/N-ethyl adjacent to an activating group) is 1. The van der Waals surface area contributed by atoms with Crippen LogP contribution >= 0.6 is 12.4 Å². The van der Waals surface area contributed by atoms with Gasteiger partial charge in [-0.1, -0.05) is 6.07 Å². The Kier molecular flexibility index (Phi) is 6.05. The quantitative estimate of drug-likeness (QED) is 0.903. The molecule has 0 saturated heterocycles. The first-order chi connectivity index (χ1) is 7.41. The predicted molar refractivity (Wildman–Crippen MR) is 63.7 cm³/mol. The predicted octanol–water partition coefficient (Wildman–Crippen LogP) is 1.69. The molecule has 1 aromatic rings. The summed E-state index contributed by atoms with van der Waals surface area (Å²) in [7, 11) is 1.52. The Labute approximate surface area is 105 Å². The summed E-state index contributed by atoms with van der Waals surface area (Å²) in [6, 6.07) is 2.63. The van der Waals surface area contributed by atoms with Crippen molar-refractivity contribution in [1.29, 1.82) is 0 Å². The molecule has 0 aliphatic heterocycles. The van der Waals surface area contributed by atoms with Crippen LogP contribution in [0.25, 0.3) is 0 Å². The highest BCUT2D eigenvalue weighted by molar-refractivity contribution is 5.85. The summed E-state index contributed by atoms with van der Waals surface area (Å²) in [5.74, 6) is -1.59. The van der Waals surface area contributed by atoms with E-state index < -0.39 is 17.7 Å². The van der Waals surface area contributed by atoms with E-state index >= 15 is 0 Å². The zero-order chi connectivity index (χ0) is 12.3. The van der Waals surface area contributed by atoms with Crippen LogP contribution in [0.1, 0.15) is 12.5 Å². The fourth-order valence-electron chi connectivity index (χ4n) is 1.33. The molecule has 0 aliphatic carbocycles. The third-order valence-electron chi connectivity index (χ3n) is 2.19. The number of hydrogen-bond donors (Lipinski definition) is 1. The Hall–Kier alpha value is -1.20. The smallest absolute Gasteiger partial charge is 0.239 e. The van der Waals surface area contributed by atoms with E-state index in [4.69, 9.17) is 5.73 Å². The van der Waals surface area contributed by atoms with Gasteiger partial charge in [0.2, 0.25) is 5.91 Å². The van der Waals surface area contributed by atoms with Gasteiger partial charge in [0.1, 0.15) is 11.6 Å². The van der Waals surface area contributed by atoms with E-state index in [0.29, 0.717) is 0 Å². The van der Waals surface area contributed by atoms with Gasteiger partial charge in [0.25, 0.3) is 0 Å². The van der Waals surface area contributed by atoms with Gasteiger partial charge in [-0.3, -0.25) is 4.79 Å². The minimum Gasteiger partial charge on any atom is -0.340 e. The zero-order valence-corrected chi connectivity index (χ0v) is 10.4. The molecule has 0 saturated carbocycles. The molecular formula is C11H15ClF2N2O. The van der Waals surface area contributed by atoms with Gasteiger partial charge in [0, 0.05) is 25.2 Å². The number of rotatable bonds is 3. The van der Waals surface area contributed by atoms with Crippen molar-refractivity contribution in [3.05, 3.63) is 35.4 Å². The lowest BCUT2D eigenvalue weighted by Gasteiger charge is -2.19. The van der Waals surface area contributed by atoms with Crippen LogP contribution in [-0.4, -0.2) is 23.9 Å². The number of carbonyl (C=O) groups excluding carboxylic acids is 1. The maximum absolute atomic E-state index is 13.3. The minimum absolute atomic E-state index is 0. The molecule has 6 heteroatoms. The summed E-state index contributed by atoms with van der Waals surface area (Å²) >= 11 is 0. The van der Waals surface area contributed by atoms with Gasteiger partial charge >= 0.3 is 0 Å². The van der Waals surface area contributed by atoms with Crippen LogP contribution < -0.4 is 5.73 Å². The maximum Gasteiger partial charge on any atom is 0.239 e. The van der Waals surface area contributed by atoms with Gasteiger partial charge in [-0.25, -0.2) is 8.78 Å². The average molecular weight is 265 g/mol. The van der Waals surface area contributed by atoms with E-state index in [9.17, 15) is 13.6 Å². The molecule has 0 aliphatic rings. The molecule has 0 bridgehead atoms. The maximum atomic E-state index is 13.3. The summed E-state index contributed by atoms with van der Waals surface area (Å²) in [6.45, 7) is 1.63. The van der Waals surface area contributed by atoms with Crippen molar-refractivity contribution in [1.82, 2.24) is 4.90 Å². The average Bonchev–Trinajstić information content (AvgIpc) is 2.20. The van der Waals surface area contributed by atoms with Crippen molar-refractivity contribution >= 4 is 18.3 Å². The SMILES string of the molecule is CC(N)C(=O)N(C)Cc1ccc(F)cc1F.Cl. The van der Waals surface area contributed by atoms with E-state index in [1.165, 1.54) is 18.0 Å². The third kappa shape index (κ3) is 4.28. The highest BCUT2D eigenvalue weighted by Gasteiger charge is 2.15. The van der Waals surface area contributed by atoms with Crippen LogP contribution in [0.15, 0.2) is 18.2 Å². The van der Waals surface area contributed by atoms with Gasteiger partial charge in [-0.15, -0.1) is 12.4 Å². The molecule has 0 radical (unpaired) electrons. The van der Waals surface area contributed by atoms with Crippen LogP contribution in [0.2, 0.25) is 0 Å². The molecule has 2 N–H and O–H groups in total. The lowest BCUT2D eigenvalue weighted by Crippen LogP contribution is -2.39. The van der Waals surface area contributed by atoms with Gasteiger partial charge in [-0.05, 0) is 13.0 Å². The molecule has 0 spiro atoms. The van der Waals surface area contributed by atoms with E-state index in [1.807, 2.05) is 0 Å². The first-order valence-corrected chi connectivity index (χ1v) is 4.86. The topological polar surface area (TPSA) is 46.3 Å². The fraction of sp³-hybridized carbons (Fsp3) is 0.364. The molecule has 1 unspecified atom stereocenters. The van der Waals surface area contributed by atoms with Crippen LogP contribution in [-0.2, 0) is 11.3 Å². The summed E-state index contributed by atoms with van der Waals surface area (Å²) in [5, 5.41) is 0. The Morgan fingerprint density at radius 1 is 1.47 bits per heavy atom. The number of amides is 1. The lowest BCUT2D eigenvalue weighted by atomic mass is 10.2. The first kappa shape index (κ1) is 15.8. The number of hydrogen-bond acceptors (Lipinski definition) is 2. The largest absolute Gasteiger partial charge is 0.340 e. The molecule has 0 heterocycles. The number of nitrogens with two attached hydrogens (primary N) is 1. The van der Waals surface area contributed by atoms with E-state index in [0.717, 1.165) is 12.1 Å².